The van der Waals surface area contributed by atoms with Crippen molar-refractivity contribution in [3.8, 4) is 0 Å². The summed E-state index contributed by atoms with van der Waals surface area (Å²) in [4.78, 5) is 27.9. The maximum absolute atomic E-state index is 12.7. The third-order valence-electron chi connectivity index (χ3n) is 3.87. The first kappa shape index (κ1) is 18.3. The van der Waals surface area contributed by atoms with Crippen LogP contribution in [0.1, 0.15) is 56.8 Å². The third-order valence-corrected chi connectivity index (χ3v) is 5.07. The van der Waals surface area contributed by atoms with Crippen molar-refractivity contribution in [3.63, 3.8) is 0 Å². The number of ether oxygens (including phenoxy) is 1. The number of ketones is 1. The number of H-pyrrole nitrogens is 1. The molecule has 0 aliphatic rings. The van der Waals surface area contributed by atoms with Crippen LogP contribution in [-0.4, -0.2) is 29.1 Å². The number of aromatic amines is 1. The molecule has 0 bridgehead atoms. The fourth-order valence-corrected chi connectivity index (χ4v) is 3.58. The average Bonchev–Trinajstić information content (AvgIpc) is 2.87. The topological polar surface area (TPSA) is 59.2 Å². The maximum atomic E-state index is 12.7. The second-order valence-electron chi connectivity index (χ2n) is 5.63. The minimum absolute atomic E-state index is 0.0484. The SMILES string of the molecule is CCOC(=O)c1c(C)[nH]c(C)c1C(=O)CS[C@H](C)c1ccccc1. The molecule has 5 heteroatoms. The molecule has 0 spiro atoms. The Labute approximate surface area is 147 Å². The van der Waals surface area contributed by atoms with Gasteiger partial charge in [0.1, 0.15) is 0 Å². The second kappa shape index (κ2) is 8.20. The molecule has 0 saturated heterocycles. The molecule has 1 N–H and O–H groups in total. The van der Waals surface area contributed by atoms with Crippen LogP contribution in [0.2, 0.25) is 0 Å². The molecular weight excluding hydrogens is 322 g/mol. The Morgan fingerprint density at radius 1 is 1.12 bits per heavy atom. The van der Waals surface area contributed by atoms with Gasteiger partial charge in [-0.25, -0.2) is 4.79 Å². The predicted octanol–water partition coefficient (Wildman–Crippen LogP) is 4.49. The van der Waals surface area contributed by atoms with Gasteiger partial charge in [0, 0.05) is 16.6 Å². The molecule has 1 aromatic carbocycles. The number of aryl methyl sites for hydroxylation is 2. The minimum atomic E-state index is -0.441. The first-order valence-corrected chi connectivity index (χ1v) is 9.06. The largest absolute Gasteiger partial charge is 0.462 e. The quantitative estimate of drug-likeness (QED) is 0.593. The number of carbonyl (C=O) groups excluding carboxylic acids is 2. The highest BCUT2D eigenvalue weighted by Gasteiger charge is 2.25. The number of thioether (sulfide) groups is 1. The third kappa shape index (κ3) is 4.09. The molecule has 24 heavy (non-hydrogen) atoms. The number of Topliss-reactive ketones (excluding diaryl/α,β-unsaturated/α-hetero) is 1. The lowest BCUT2D eigenvalue weighted by Crippen LogP contribution is -2.13. The van der Waals surface area contributed by atoms with Crippen LogP contribution >= 0.6 is 11.8 Å². The normalized spacial score (nSPS) is 12.0. The van der Waals surface area contributed by atoms with Crippen molar-refractivity contribution < 1.29 is 14.3 Å². The van der Waals surface area contributed by atoms with E-state index in [0.29, 0.717) is 28.3 Å². The van der Waals surface area contributed by atoms with Crippen LogP contribution in [0.25, 0.3) is 0 Å². The predicted molar refractivity (Wildman–Crippen MR) is 97.9 cm³/mol. The van der Waals surface area contributed by atoms with Gasteiger partial charge in [0.2, 0.25) is 0 Å². The standard InChI is InChI=1S/C19H23NO3S/c1-5-23-19(22)18-13(3)20-12(2)17(18)16(21)11-24-14(4)15-9-7-6-8-10-15/h6-10,14,20H,5,11H2,1-4H3/t14-/m1/s1. The Kier molecular flexibility index (Phi) is 6.26. The lowest BCUT2D eigenvalue weighted by Gasteiger charge is -2.11. The zero-order chi connectivity index (χ0) is 17.7. The summed E-state index contributed by atoms with van der Waals surface area (Å²) in [6.45, 7) is 7.72. The zero-order valence-corrected chi connectivity index (χ0v) is 15.3. The Hall–Kier alpha value is -2.01. The van der Waals surface area contributed by atoms with E-state index in [2.05, 4.69) is 24.0 Å². The molecule has 0 amide bonds. The molecule has 0 unspecified atom stereocenters. The first-order chi connectivity index (χ1) is 11.5. The number of aromatic nitrogens is 1. The highest BCUT2D eigenvalue weighted by molar-refractivity contribution is 8.00. The fourth-order valence-electron chi connectivity index (χ4n) is 2.68. The van der Waals surface area contributed by atoms with Crippen LogP contribution in [0.5, 0.6) is 0 Å². The van der Waals surface area contributed by atoms with Gasteiger partial charge in [-0.15, -0.1) is 11.8 Å². The molecule has 128 valence electrons. The lowest BCUT2D eigenvalue weighted by atomic mass is 10.1. The van der Waals surface area contributed by atoms with E-state index in [1.165, 1.54) is 5.56 Å². The summed E-state index contributed by atoms with van der Waals surface area (Å²) in [6, 6.07) is 10.1. The summed E-state index contributed by atoms with van der Waals surface area (Å²) in [7, 11) is 0. The van der Waals surface area contributed by atoms with Crippen molar-refractivity contribution in [2.75, 3.05) is 12.4 Å². The molecule has 0 fully saturated rings. The molecule has 0 aliphatic carbocycles. The van der Waals surface area contributed by atoms with Crippen LogP contribution < -0.4 is 0 Å². The van der Waals surface area contributed by atoms with E-state index in [1.807, 2.05) is 25.1 Å². The molecular formula is C19H23NO3S. The number of benzene rings is 1. The Morgan fingerprint density at radius 2 is 1.75 bits per heavy atom. The van der Waals surface area contributed by atoms with Crippen molar-refractivity contribution in [1.29, 1.82) is 0 Å². The number of hydrogen-bond donors (Lipinski definition) is 1. The van der Waals surface area contributed by atoms with Gasteiger partial charge in [-0.3, -0.25) is 4.79 Å². The number of rotatable bonds is 7. The molecule has 2 rings (SSSR count). The van der Waals surface area contributed by atoms with E-state index in [4.69, 9.17) is 4.74 Å². The van der Waals surface area contributed by atoms with Gasteiger partial charge >= 0.3 is 5.97 Å². The van der Waals surface area contributed by atoms with Crippen LogP contribution in [0.4, 0.5) is 0 Å². The monoisotopic (exact) mass is 345 g/mol. The van der Waals surface area contributed by atoms with Crippen molar-refractivity contribution >= 4 is 23.5 Å². The average molecular weight is 345 g/mol. The molecule has 4 nitrogen and oxygen atoms in total. The van der Waals surface area contributed by atoms with Gasteiger partial charge in [0.15, 0.2) is 5.78 Å². The Morgan fingerprint density at radius 3 is 2.38 bits per heavy atom. The fraction of sp³-hybridized carbons (Fsp3) is 0.368. The van der Waals surface area contributed by atoms with E-state index in [-0.39, 0.29) is 17.6 Å². The zero-order valence-electron chi connectivity index (χ0n) is 14.5. The van der Waals surface area contributed by atoms with Crippen LogP contribution in [-0.2, 0) is 4.74 Å². The lowest BCUT2D eigenvalue weighted by molar-refractivity contribution is 0.0522. The Bertz CT molecular complexity index is 722. The number of carbonyl (C=O) groups is 2. The van der Waals surface area contributed by atoms with Gasteiger partial charge in [0.05, 0.1) is 23.5 Å². The summed E-state index contributed by atoms with van der Waals surface area (Å²) in [5.41, 5.74) is 3.40. The summed E-state index contributed by atoms with van der Waals surface area (Å²) < 4.78 is 5.09. The summed E-state index contributed by atoms with van der Waals surface area (Å²) in [6.07, 6.45) is 0. The van der Waals surface area contributed by atoms with Crippen molar-refractivity contribution in [3.05, 3.63) is 58.4 Å². The highest BCUT2D eigenvalue weighted by Crippen LogP contribution is 2.30. The van der Waals surface area contributed by atoms with E-state index in [9.17, 15) is 9.59 Å². The summed E-state index contributed by atoms with van der Waals surface area (Å²) >= 11 is 1.57. The highest BCUT2D eigenvalue weighted by atomic mass is 32.2. The molecule has 0 radical (unpaired) electrons. The molecule has 1 atom stereocenters. The van der Waals surface area contributed by atoms with E-state index < -0.39 is 5.97 Å². The van der Waals surface area contributed by atoms with E-state index in [1.54, 1.807) is 25.6 Å². The molecule has 1 aromatic heterocycles. The van der Waals surface area contributed by atoms with Crippen LogP contribution in [0.15, 0.2) is 30.3 Å². The van der Waals surface area contributed by atoms with E-state index in [0.717, 1.165) is 0 Å². The van der Waals surface area contributed by atoms with Gasteiger partial charge in [-0.2, -0.15) is 0 Å². The van der Waals surface area contributed by atoms with Crippen molar-refractivity contribution in [1.82, 2.24) is 4.98 Å². The van der Waals surface area contributed by atoms with Crippen LogP contribution in [0, 0.1) is 13.8 Å². The first-order valence-electron chi connectivity index (χ1n) is 8.01. The molecule has 0 saturated carbocycles. The summed E-state index contributed by atoms with van der Waals surface area (Å²) in [5, 5.41) is 0.210. The van der Waals surface area contributed by atoms with E-state index >= 15 is 0 Å². The number of esters is 1. The van der Waals surface area contributed by atoms with Crippen LogP contribution in [0.3, 0.4) is 0 Å². The second-order valence-corrected chi connectivity index (χ2v) is 6.96. The van der Waals surface area contributed by atoms with Crippen molar-refractivity contribution in [2.24, 2.45) is 0 Å². The Balaban J connectivity index is 2.14. The molecule has 0 aliphatic heterocycles. The van der Waals surface area contributed by atoms with Gasteiger partial charge in [0.25, 0.3) is 0 Å². The molecule has 2 aromatic rings. The maximum Gasteiger partial charge on any atom is 0.340 e. The van der Waals surface area contributed by atoms with Crippen molar-refractivity contribution in [2.45, 2.75) is 32.9 Å². The minimum Gasteiger partial charge on any atom is -0.462 e. The van der Waals surface area contributed by atoms with Gasteiger partial charge in [-0.1, -0.05) is 30.3 Å². The number of hydrogen-bond acceptors (Lipinski definition) is 4. The number of nitrogens with one attached hydrogen (secondary N) is 1. The summed E-state index contributed by atoms with van der Waals surface area (Å²) in [5.74, 6) is -0.169. The van der Waals surface area contributed by atoms with Gasteiger partial charge in [-0.05, 0) is 33.3 Å². The smallest absolute Gasteiger partial charge is 0.340 e. The van der Waals surface area contributed by atoms with Gasteiger partial charge < -0.3 is 9.72 Å². The molecule has 1 heterocycles.